The van der Waals surface area contributed by atoms with Crippen LogP contribution in [0.1, 0.15) is 45.4 Å². The first kappa shape index (κ1) is 14.3. The number of unbranched alkanes of at least 4 members (excludes halogenated alkanes) is 5. The number of hydrogen-bond acceptors (Lipinski definition) is 3. The summed E-state index contributed by atoms with van der Waals surface area (Å²) in [6.45, 7) is 5.57. The number of nitrogens with zero attached hydrogens (tertiary/aromatic N) is 1. The van der Waals surface area contributed by atoms with Crippen molar-refractivity contribution >= 4 is 6.09 Å². The normalized spacial score (nSPS) is 15.4. The summed E-state index contributed by atoms with van der Waals surface area (Å²) in [5, 5.41) is 0. The number of ether oxygens (including phenoxy) is 2. The van der Waals surface area contributed by atoms with E-state index in [4.69, 9.17) is 9.47 Å². The number of carbonyl (C=O) groups is 1. The van der Waals surface area contributed by atoms with Crippen LogP contribution in [0.2, 0.25) is 0 Å². The molecule has 1 fully saturated rings. The summed E-state index contributed by atoms with van der Waals surface area (Å²) in [5.41, 5.74) is 0. The zero-order valence-electron chi connectivity index (χ0n) is 11.0. The summed E-state index contributed by atoms with van der Waals surface area (Å²) >= 11 is 0. The Bertz CT molecular complexity index is 209. The average molecular weight is 243 g/mol. The van der Waals surface area contributed by atoms with E-state index in [1.807, 2.05) is 0 Å². The highest BCUT2D eigenvalue weighted by molar-refractivity contribution is 5.69. The molecule has 0 aliphatic carbocycles. The molecule has 100 valence electrons. The van der Waals surface area contributed by atoms with Crippen LogP contribution >= 0.6 is 0 Å². The molecular weight excluding hydrogens is 218 g/mol. The molecule has 0 atom stereocenters. The van der Waals surface area contributed by atoms with Gasteiger partial charge in [-0.15, -0.1) is 0 Å². The minimum absolute atomic E-state index is 0.201. The van der Waals surface area contributed by atoms with Gasteiger partial charge < -0.3 is 14.4 Å². The van der Waals surface area contributed by atoms with Gasteiger partial charge in [0.1, 0.15) is 6.61 Å². The van der Waals surface area contributed by atoms with Gasteiger partial charge in [0.25, 0.3) is 0 Å². The maximum Gasteiger partial charge on any atom is 0.410 e. The molecule has 1 rings (SSSR count). The molecule has 4 nitrogen and oxygen atoms in total. The second-order valence-electron chi connectivity index (χ2n) is 4.48. The maximum atomic E-state index is 11.1. The molecule has 4 heteroatoms. The Morgan fingerprint density at radius 3 is 2.65 bits per heavy atom. The quantitative estimate of drug-likeness (QED) is 0.554. The van der Waals surface area contributed by atoms with Gasteiger partial charge in [0.05, 0.1) is 13.2 Å². The first-order valence-corrected chi connectivity index (χ1v) is 6.84. The van der Waals surface area contributed by atoms with Crippen molar-refractivity contribution in [2.24, 2.45) is 0 Å². The van der Waals surface area contributed by atoms with Crippen molar-refractivity contribution in [2.75, 3.05) is 32.9 Å². The van der Waals surface area contributed by atoms with E-state index in [0.29, 0.717) is 26.3 Å². The maximum absolute atomic E-state index is 11.1. The van der Waals surface area contributed by atoms with Gasteiger partial charge in [0, 0.05) is 13.2 Å². The highest BCUT2D eigenvalue weighted by atomic mass is 16.6. The van der Waals surface area contributed by atoms with Crippen molar-refractivity contribution in [1.29, 1.82) is 0 Å². The van der Waals surface area contributed by atoms with Crippen LogP contribution in [-0.2, 0) is 9.47 Å². The number of cyclic esters (lactones) is 1. The lowest BCUT2D eigenvalue weighted by Gasteiger charge is -2.12. The highest BCUT2D eigenvalue weighted by Crippen LogP contribution is 2.05. The predicted octanol–water partition coefficient (Wildman–Crippen LogP) is 2.82. The van der Waals surface area contributed by atoms with E-state index in [-0.39, 0.29) is 6.09 Å². The van der Waals surface area contributed by atoms with E-state index in [0.717, 1.165) is 13.0 Å². The van der Waals surface area contributed by atoms with Crippen molar-refractivity contribution in [2.45, 2.75) is 45.4 Å². The molecule has 0 saturated carbocycles. The van der Waals surface area contributed by atoms with Crippen molar-refractivity contribution in [3.05, 3.63) is 0 Å². The lowest BCUT2D eigenvalue weighted by Crippen LogP contribution is -2.28. The number of hydrogen-bond donors (Lipinski definition) is 0. The SMILES string of the molecule is CCCCCCCCOCCN1CCOC1=O. The Kier molecular flexibility index (Phi) is 7.80. The summed E-state index contributed by atoms with van der Waals surface area (Å²) in [5.74, 6) is 0. The Morgan fingerprint density at radius 1 is 1.18 bits per heavy atom. The summed E-state index contributed by atoms with van der Waals surface area (Å²) in [4.78, 5) is 12.8. The van der Waals surface area contributed by atoms with Crippen LogP contribution < -0.4 is 0 Å². The third-order valence-electron chi connectivity index (χ3n) is 2.99. The number of rotatable bonds is 10. The van der Waals surface area contributed by atoms with Crippen LogP contribution in [0.3, 0.4) is 0 Å². The summed E-state index contributed by atoms with van der Waals surface area (Å²) < 4.78 is 10.3. The lowest BCUT2D eigenvalue weighted by atomic mass is 10.1. The van der Waals surface area contributed by atoms with Crippen molar-refractivity contribution in [1.82, 2.24) is 4.90 Å². The van der Waals surface area contributed by atoms with Crippen LogP contribution in [0.5, 0.6) is 0 Å². The molecule has 0 unspecified atom stereocenters. The average Bonchev–Trinajstić information content (AvgIpc) is 2.73. The fourth-order valence-electron chi connectivity index (χ4n) is 1.89. The summed E-state index contributed by atoms with van der Waals surface area (Å²) in [6, 6.07) is 0. The molecule has 0 radical (unpaired) electrons. The van der Waals surface area contributed by atoms with Crippen LogP contribution in [0, 0.1) is 0 Å². The van der Waals surface area contributed by atoms with Gasteiger partial charge in [0.2, 0.25) is 0 Å². The molecule has 0 aromatic heterocycles. The van der Waals surface area contributed by atoms with Gasteiger partial charge in [-0.2, -0.15) is 0 Å². The fourth-order valence-corrected chi connectivity index (χ4v) is 1.89. The molecule has 0 aromatic rings. The van der Waals surface area contributed by atoms with E-state index in [2.05, 4.69) is 6.92 Å². The van der Waals surface area contributed by atoms with Gasteiger partial charge in [-0.25, -0.2) is 4.79 Å². The minimum Gasteiger partial charge on any atom is -0.448 e. The Balaban J connectivity index is 1.80. The first-order valence-electron chi connectivity index (χ1n) is 6.84. The van der Waals surface area contributed by atoms with Gasteiger partial charge in [0.15, 0.2) is 0 Å². The molecule has 0 N–H and O–H groups in total. The summed E-state index contributed by atoms with van der Waals surface area (Å²) in [7, 11) is 0. The standard InChI is InChI=1S/C13H25NO3/c1-2-3-4-5-6-7-10-16-11-8-14-9-12-17-13(14)15/h2-12H2,1H3. The minimum atomic E-state index is -0.201. The molecule has 0 aromatic carbocycles. The lowest BCUT2D eigenvalue weighted by molar-refractivity contribution is 0.106. The molecule has 1 aliphatic rings. The smallest absolute Gasteiger partial charge is 0.410 e. The Labute approximate surface area is 104 Å². The first-order chi connectivity index (χ1) is 8.34. The van der Waals surface area contributed by atoms with Crippen molar-refractivity contribution < 1.29 is 14.3 Å². The third-order valence-corrected chi connectivity index (χ3v) is 2.99. The number of carbonyl (C=O) groups excluding carboxylic acids is 1. The molecular formula is C13H25NO3. The second-order valence-corrected chi connectivity index (χ2v) is 4.48. The zero-order valence-corrected chi connectivity index (χ0v) is 11.0. The molecule has 1 aliphatic heterocycles. The van der Waals surface area contributed by atoms with E-state index < -0.39 is 0 Å². The largest absolute Gasteiger partial charge is 0.448 e. The van der Waals surface area contributed by atoms with Crippen LogP contribution in [0.25, 0.3) is 0 Å². The van der Waals surface area contributed by atoms with Gasteiger partial charge in [-0.3, -0.25) is 0 Å². The Morgan fingerprint density at radius 2 is 1.94 bits per heavy atom. The highest BCUT2D eigenvalue weighted by Gasteiger charge is 2.20. The van der Waals surface area contributed by atoms with Crippen molar-refractivity contribution in [3.63, 3.8) is 0 Å². The molecule has 1 saturated heterocycles. The van der Waals surface area contributed by atoms with Gasteiger partial charge >= 0.3 is 6.09 Å². The molecule has 0 spiro atoms. The predicted molar refractivity (Wildman–Crippen MR) is 67.1 cm³/mol. The number of amides is 1. The third kappa shape index (κ3) is 6.51. The molecule has 0 bridgehead atoms. The molecule has 1 amide bonds. The van der Waals surface area contributed by atoms with E-state index in [9.17, 15) is 4.79 Å². The second kappa shape index (κ2) is 9.28. The topological polar surface area (TPSA) is 38.8 Å². The van der Waals surface area contributed by atoms with E-state index in [1.54, 1.807) is 4.90 Å². The van der Waals surface area contributed by atoms with Gasteiger partial charge in [-0.1, -0.05) is 39.0 Å². The monoisotopic (exact) mass is 243 g/mol. The van der Waals surface area contributed by atoms with Crippen LogP contribution in [0.4, 0.5) is 4.79 Å². The fraction of sp³-hybridized carbons (Fsp3) is 0.923. The Hall–Kier alpha value is -0.770. The molecule has 17 heavy (non-hydrogen) atoms. The molecule has 1 heterocycles. The van der Waals surface area contributed by atoms with Crippen LogP contribution in [-0.4, -0.2) is 43.9 Å². The zero-order chi connectivity index (χ0) is 12.3. The van der Waals surface area contributed by atoms with E-state index in [1.165, 1.54) is 32.1 Å². The van der Waals surface area contributed by atoms with E-state index >= 15 is 0 Å². The summed E-state index contributed by atoms with van der Waals surface area (Å²) in [6.07, 6.45) is 7.49. The van der Waals surface area contributed by atoms with Gasteiger partial charge in [-0.05, 0) is 6.42 Å². The van der Waals surface area contributed by atoms with Crippen LogP contribution in [0.15, 0.2) is 0 Å². The van der Waals surface area contributed by atoms with Crippen molar-refractivity contribution in [3.8, 4) is 0 Å².